The van der Waals surface area contributed by atoms with Gasteiger partial charge in [0, 0.05) is 5.92 Å². The summed E-state index contributed by atoms with van der Waals surface area (Å²) in [7, 11) is 0. The van der Waals surface area contributed by atoms with Crippen molar-refractivity contribution in [1.29, 1.82) is 0 Å². The lowest BCUT2D eigenvalue weighted by atomic mass is 9.90. The Morgan fingerprint density at radius 2 is 2.00 bits per heavy atom. The molecule has 1 aliphatic carbocycles. The van der Waals surface area contributed by atoms with Gasteiger partial charge in [0.2, 0.25) is 5.78 Å². The van der Waals surface area contributed by atoms with E-state index in [1.54, 1.807) is 0 Å². The van der Waals surface area contributed by atoms with E-state index in [0.717, 1.165) is 19.3 Å². The van der Waals surface area contributed by atoms with Crippen LogP contribution in [-0.4, -0.2) is 16.9 Å². The van der Waals surface area contributed by atoms with Crippen LogP contribution in [0.2, 0.25) is 0 Å². The number of carbonyl (C=O) groups excluding carboxylic acids is 1. The largest absolute Gasteiger partial charge is 0.475 e. The molecule has 1 saturated carbocycles. The maximum absolute atomic E-state index is 11.0. The van der Waals surface area contributed by atoms with Gasteiger partial charge < -0.3 is 5.11 Å². The molecule has 1 atom stereocenters. The van der Waals surface area contributed by atoms with E-state index in [1.807, 2.05) is 0 Å². The van der Waals surface area contributed by atoms with E-state index < -0.39 is 11.8 Å². The zero-order valence-electron chi connectivity index (χ0n) is 7.46. The predicted octanol–water partition coefficient (Wildman–Crippen LogP) is 1.47. The molecular formula is C9H14O3. The second-order valence-corrected chi connectivity index (χ2v) is 4.27. The van der Waals surface area contributed by atoms with Gasteiger partial charge in [0.15, 0.2) is 0 Å². The molecule has 3 nitrogen and oxygen atoms in total. The highest BCUT2D eigenvalue weighted by Crippen LogP contribution is 2.41. The molecule has 1 N–H and O–H groups in total. The van der Waals surface area contributed by atoms with E-state index in [-0.39, 0.29) is 11.3 Å². The Morgan fingerprint density at radius 1 is 1.42 bits per heavy atom. The molecule has 1 rings (SSSR count). The third-order valence-electron chi connectivity index (χ3n) is 2.55. The fourth-order valence-electron chi connectivity index (χ4n) is 1.83. The summed E-state index contributed by atoms with van der Waals surface area (Å²) in [6, 6.07) is 0. The fraction of sp³-hybridized carbons (Fsp3) is 0.778. The monoisotopic (exact) mass is 170 g/mol. The topological polar surface area (TPSA) is 54.4 Å². The Morgan fingerprint density at radius 3 is 2.33 bits per heavy atom. The van der Waals surface area contributed by atoms with Crippen LogP contribution in [-0.2, 0) is 9.59 Å². The first-order chi connectivity index (χ1) is 5.42. The second kappa shape index (κ2) is 2.88. The Balaban J connectivity index is 2.59. The Bertz CT molecular complexity index is 218. The number of aliphatic carboxylic acids is 1. The minimum absolute atomic E-state index is 0.149. The summed E-state index contributed by atoms with van der Waals surface area (Å²) in [5.74, 6) is -2.13. The van der Waals surface area contributed by atoms with Crippen molar-refractivity contribution in [3.05, 3.63) is 0 Å². The van der Waals surface area contributed by atoms with Gasteiger partial charge in [0.1, 0.15) is 0 Å². The lowest BCUT2D eigenvalue weighted by Gasteiger charge is -2.15. The maximum atomic E-state index is 11.0. The third-order valence-corrected chi connectivity index (χ3v) is 2.55. The molecule has 68 valence electrons. The van der Waals surface area contributed by atoms with Crippen LogP contribution in [0, 0.1) is 11.3 Å². The first-order valence-electron chi connectivity index (χ1n) is 4.19. The van der Waals surface area contributed by atoms with Crippen LogP contribution in [0.4, 0.5) is 0 Å². The SMILES string of the molecule is CC1(C)CCC(C(=O)C(=O)O)C1. The summed E-state index contributed by atoms with van der Waals surface area (Å²) in [6.07, 6.45) is 2.41. The van der Waals surface area contributed by atoms with E-state index in [9.17, 15) is 9.59 Å². The molecule has 1 aliphatic rings. The van der Waals surface area contributed by atoms with Gasteiger partial charge in [0.05, 0.1) is 0 Å². The minimum atomic E-state index is -1.28. The van der Waals surface area contributed by atoms with Crippen molar-refractivity contribution in [2.45, 2.75) is 33.1 Å². The van der Waals surface area contributed by atoms with Crippen LogP contribution in [0.3, 0.4) is 0 Å². The van der Waals surface area contributed by atoms with Crippen molar-refractivity contribution in [3.63, 3.8) is 0 Å². The number of carboxylic acids is 1. The van der Waals surface area contributed by atoms with Gasteiger partial charge in [-0.15, -0.1) is 0 Å². The predicted molar refractivity (Wildman–Crippen MR) is 43.8 cm³/mol. The number of hydrogen-bond acceptors (Lipinski definition) is 2. The van der Waals surface area contributed by atoms with Crippen molar-refractivity contribution in [3.8, 4) is 0 Å². The standard InChI is InChI=1S/C9H14O3/c1-9(2)4-3-6(5-9)7(10)8(11)12/h6H,3-5H2,1-2H3,(H,11,12). The van der Waals surface area contributed by atoms with E-state index in [2.05, 4.69) is 13.8 Å². The molecule has 0 radical (unpaired) electrons. The maximum Gasteiger partial charge on any atom is 0.372 e. The Kier molecular flexibility index (Phi) is 2.22. The van der Waals surface area contributed by atoms with Crippen LogP contribution in [0.15, 0.2) is 0 Å². The highest BCUT2D eigenvalue weighted by atomic mass is 16.4. The fourth-order valence-corrected chi connectivity index (χ4v) is 1.83. The lowest BCUT2D eigenvalue weighted by Crippen LogP contribution is -2.22. The second-order valence-electron chi connectivity index (χ2n) is 4.27. The molecule has 0 aromatic carbocycles. The van der Waals surface area contributed by atoms with Gasteiger partial charge in [-0.1, -0.05) is 13.8 Å². The Hall–Kier alpha value is -0.860. The Labute approximate surface area is 71.8 Å². The number of rotatable bonds is 2. The van der Waals surface area contributed by atoms with Crippen molar-refractivity contribution < 1.29 is 14.7 Å². The van der Waals surface area contributed by atoms with Crippen LogP contribution < -0.4 is 0 Å². The van der Waals surface area contributed by atoms with Crippen molar-refractivity contribution >= 4 is 11.8 Å². The third kappa shape index (κ3) is 1.84. The molecule has 0 aromatic heterocycles. The van der Waals surface area contributed by atoms with Gasteiger partial charge in [-0.3, -0.25) is 4.79 Å². The minimum Gasteiger partial charge on any atom is -0.475 e. The average molecular weight is 170 g/mol. The number of hydrogen-bond donors (Lipinski definition) is 1. The molecule has 0 saturated heterocycles. The quantitative estimate of drug-likeness (QED) is 0.638. The van der Waals surface area contributed by atoms with Gasteiger partial charge in [-0.25, -0.2) is 4.79 Å². The summed E-state index contributed by atoms with van der Waals surface area (Å²) < 4.78 is 0. The van der Waals surface area contributed by atoms with Crippen molar-refractivity contribution in [2.75, 3.05) is 0 Å². The van der Waals surface area contributed by atoms with Crippen molar-refractivity contribution in [2.24, 2.45) is 11.3 Å². The van der Waals surface area contributed by atoms with E-state index in [4.69, 9.17) is 5.11 Å². The summed E-state index contributed by atoms with van der Waals surface area (Å²) in [4.78, 5) is 21.4. The summed E-state index contributed by atoms with van der Waals surface area (Å²) in [5, 5.41) is 8.46. The van der Waals surface area contributed by atoms with Gasteiger partial charge in [0.25, 0.3) is 0 Å². The highest BCUT2D eigenvalue weighted by Gasteiger charge is 2.37. The van der Waals surface area contributed by atoms with Crippen LogP contribution in [0.25, 0.3) is 0 Å². The molecule has 0 spiro atoms. The summed E-state index contributed by atoms with van der Waals surface area (Å²) >= 11 is 0. The van der Waals surface area contributed by atoms with Crippen LogP contribution in [0.1, 0.15) is 33.1 Å². The van der Waals surface area contributed by atoms with Crippen molar-refractivity contribution in [1.82, 2.24) is 0 Å². The zero-order valence-corrected chi connectivity index (χ0v) is 7.46. The molecule has 0 bridgehead atoms. The molecular weight excluding hydrogens is 156 g/mol. The number of carbonyl (C=O) groups is 2. The zero-order chi connectivity index (χ0) is 9.35. The summed E-state index contributed by atoms with van der Waals surface area (Å²) in [5.41, 5.74) is 0.149. The number of ketones is 1. The number of Topliss-reactive ketones (excluding diaryl/α,β-unsaturated/α-hetero) is 1. The highest BCUT2D eigenvalue weighted by molar-refractivity contribution is 6.33. The molecule has 0 heterocycles. The van der Waals surface area contributed by atoms with Gasteiger partial charge in [-0.05, 0) is 24.7 Å². The smallest absolute Gasteiger partial charge is 0.372 e. The van der Waals surface area contributed by atoms with E-state index >= 15 is 0 Å². The molecule has 1 unspecified atom stereocenters. The lowest BCUT2D eigenvalue weighted by molar-refractivity contribution is -0.151. The van der Waals surface area contributed by atoms with E-state index in [1.165, 1.54) is 0 Å². The van der Waals surface area contributed by atoms with E-state index in [0.29, 0.717) is 0 Å². The first kappa shape index (κ1) is 9.23. The molecule has 0 amide bonds. The normalized spacial score (nSPS) is 27.0. The number of carboxylic acid groups (broad SMARTS) is 1. The molecule has 3 heteroatoms. The first-order valence-corrected chi connectivity index (χ1v) is 4.19. The molecule has 0 aromatic rings. The van der Waals surface area contributed by atoms with Gasteiger partial charge >= 0.3 is 5.97 Å². The molecule has 12 heavy (non-hydrogen) atoms. The van der Waals surface area contributed by atoms with Crippen LogP contribution in [0.5, 0.6) is 0 Å². The average Bonchev–Trinajstić information content (AvgIpc) is 2.28. The molecule has 1 fully saturated rings. The summed E-state index contributed by atoms with van der Waals surface area (Å²) in [6.45, 7) is 4.14. The van der Waals surface area contributed by atoms with Gasteiger partial charge in [-0.2, -0.15) is 0 Å². The molecule has 0 aliphatic heterocycles. The van der Waals surface area contributed by atoms with Crippen LogP contribution >= 0.6 is 0 Å².